The van der Waals surface area contributed by atoms with Crippen molar-refractivity contribution in [3.05, 3.63) is 12.2 Å². The van der Waals surface area contributed by atoms with Crippen LogP contribution >= 0.6 is 0 Å². The number of hydrogen-bond acceptors (Lipinski definition) is 2. The molecule has 2 heteroatoms. The minimum absolute atomic E-state index is 0.812. The molecule has 1 saturated carbocycles. The maximum absolute atomic E-state index is 8.53. The van der Waals surface area contributed by atoms with E-state index in [0.29, 0.717) is 0 Å². The zero-order valence-corrected chi connectivity index (χ0v) is 7.66. The molecule has 1 N–H and O–H groups in total. The third kappa shape index (κ3) is 2.68. The lowest BCUT2D eigenvalue weighted by Gasteiger charge is -2.20. The Morgan fingerprint density at radius 3 is 2.67 bits per heavy atom. The zero-order valence-electron chi connectivity index (χ0n) is 7.66. The highest BCUT2D eigenvalue weighted by Crippen LogP contribution is 2.25. The minimum Gasteiger partial charge on any atom is -0.411 e. The maximum Gasteiger partial charge on any atom is 0.0571 e. The zero-order chi connectivity index (χ0) is 8.81. The van der Waals surface area contributed by atoms with Crippen LogP contribution in [0, 0.1) is 5.92 Å². The van der Waals surface area contributed by atoms with Crippen molar-refractivity contribution in [2.24, 2.45) is 11.1 Å². The fraction of sp³-hybridized carbons (Fsp3) is 0.700. The van der Waals surface area contributed by atoms with Crippen molar-refractivity contribution in [2.45, 2.75) is 39.0 Å². The van der Waals surface area contributed by atoms with Gasteiger partial charge in [-0.25, -0.2) is 0 Å². The van der Waals surface area contributed by atoms with Crippen LogP contribution in [0.15, 0.2) is 17.3 Å². The molecule has 68 valence electrons. The molecule has 0 aromatic heterocycles. The highest BCUT2D eigenvalue weighted by molar-refractivity contribution is 5.84. The van der Waals surface area contributed by atoms with Crippen LogP contribution in [-0.2, 0) is 0 Å². The largest absolute Gasteiger partial charge is 0.411 e. The molecule has 0 aliphatic heterocycles. The average molecular weight is 167 g/mol. The Morgan fingerprint density at radius 2 is 2.17 bits per heavy atom. The van der Waals surface area contributed by atoms with Gasteiger partial charge in [0.2, 0.25) is 0 Å². The van der Waals surface area contributed by atoms with Crippen molar-refractivity contribution in [3.63, 3.8) is 0 Å². The van der Waals surface area contributed by atoms with Gasteiger partial charge in [0.05, 0.1) is 5.71 Å². The van der Waals surface area contributed by atoms with Gasteiger partial charge in [-0.3, -0.25) is 0 Å². The van der Waals surface area contributed by atoms with E-state index in [1.807, 2.05) is 0 Å². The molecule has 0 aromatic rings. The Labute approximate surface area is 74.0 Å². The van der Waals surface area contributed by atoms with E-state index in [4.69, 9.17) is 5.21 Å². The van der Waals surface area contributed by atoms with E-state index in [1.54, 1.807) is 0 Å². The molecule has 1 rings (SSSR count). The van der Waals surface area contributed by atoms with Gasteiger partial charge in [-0.15, -0.1) is 0 Å². The van der Waals surface area contributed by atoms with Crippen molar-refractivity contribution in [1.82, 2.24) is 0 Å². The maximum atomic E-state index is 8.53. The van der Waals surface area contributed by atoms with Crippen molar-refractivity contribution in [2.75, 3.05) is 0 Å². The normalized spacial score (nSPS) is 24.8. The van der Waals surface area contributed by atoms with Gasteiger partial charge in [0.15, 0.2) is 0 Å². The summed E-state index contributed by atoms with van der Waals surface area (Å²) in [7, 11) is 0. The predicted octanol–water partition coefficient (Wildman–Crippen LogP) is 2.97. The van der Waals surface area contributed by atoms with Crippen LogP contribution in [0.25, 0.3) is 0 Å². The first-order valence-electron chi connectivity index (χ1n) is 4.67. The molecule has 0 saturated heterocycles. The van der Waals surface area contributed by atoms with E-state index in [9.17, 15) is 0 Å². The lowest BCUT2D eigenvalue weighted by molar-refractivity contribution is 0.310. The molecule has 0 amide bonds. The van der Waals surface area contributed by atoms with Crippen LogP contribution < -0.4 is 0 Å². The Morgan fingerprint density at radius 1 is 1.50 bits per heavy atom. The van der Waals surface area contributed by atoms with E-state index >= 15 is 0 Å². The van der Waals surface area contributed by atoms with Crippen LogP contribution in [-0.4, -0.2) is 10.9 Å². The fourth-order valence-electron chi connectivity index (χ4n) is 1.68. The second kappa shape index (κ2) is 4.96. The molecule has 0 bridgehead atoms. The van der Waals surface area contributed by atoms with E-state index < -0.39 is 0 Å². The first-order valence-corrected chi connectivity index (χ1v) is 4.67. The topological polar surface area (TPSA) is 32.6 Å². The third-order valence-electron chi connectivity index (χ3n) is 2.53. The smallest absolute Gasteiger partial charge is 0.0571 e. The second-order valence-electron chi connectivity index (χ2n) is 3.41. The first-order chi connectivity index (χ1) is 5.86. The van der Waals surface area contributed by atoms with Gasteiger partial charge < -0.3 is 5.21 Å². The summed E-state index contributed by atoms with van der Waals surface area (Å²) in [6.45, 7) is 2.06. The van der Waals surface area contributed by atoms with E-state index in [0.717, 1.165) is 24.5 Å². The number of nitrogens with zero attached hydrogens (tertiary/aromatic N) is 1. The molecule has 0 spiro atoms. The molecule has 1 aliphatic rings. The first kappa shape index (κ1) is 9.30. The number of rotatable bonds is 2. The second-order valence-corrected chi connectivity index (χ2v) is 3.41. The quantitative estimate of drug-likeness (QED) is 0.383. The number of hydrogen-bond donors (Lipinski definition) is 1. The Bertz CT molecular complexity index is 174. The number of oxime groups is 1. The average Bonchev–Trinajstić information content (AvgIpc) is 2.15. The molecule has 1 fully saturated rings. The molecule has 0 unspecified atom stereocenters. The summed E-state index contributed by atoms with van der Waals surface area (Å²) in [5.41, 5.74) is 0.978. The van der Waals surface area contributed by atoms with Gasteiger partial charge in [-0.1, -0.05) is 17.3 Å². The molecule has 2 nitrogen and oxygen atoms in total. The third-order valence-corrected chi connectivity index (χ3v) is 2.53. The van der Waals surface area contributed by atoms with Crippen molar-refractivity contribution < 1.29 is 5.21 Å². The van der Waals surface area contributed by atoms with Gasteiger partial charge in [0.1, 0.15) is 0 Å². The standard InChI is InChI=1S/C10H17NO/c1-2-3-4-9-5-7-10(11-12)8-6-9/h2-3,9,12H,4-8H2,1H3. The molecule has 0 heterocycles. The SMILES string of the molecule is CC=CCC1CCC(=NO)CC1. The number of allylic oxidation sites excluding steroid dienone is 2. The van der Waals surface area contributed by atoms with E-state index in [2.05, 4.69) is 24.2 Å². The Balaban J connectivity index is 2.26. The van der Waals surface area contributed by atoms with Crippen molar-refractivity contribution >= 4 is 5.71 Å². The summed E-state index contributed by atoms with van der Waals surface area (Å²) in [6.07, 6.45) is 9.86. The Hall–Kier alpha value is -0.790. The van der Waals surface area contributed by atoms with Gasteiger partial charge in [0.25, 0.3) is 0 Å². The van der Waals surface area contributed by atoms with Crippen LogP contribution in [0.4, 0.5) is 0 Å². The summed E-state index contributed by atoms with van der Waals surface area (Å²) >= 11 is 0. The molecule has 0 aromatic carbocycles. The summed E-state index contributed by atoms with van der Waals surface area (Å²) < 4.78 is 0. The molecule has 1 aliphatic carbocycles. The summed E-state index contributed by atoms with van der Waals surface area (Å²) in [5, 5.41) is 11.8. The predicted molar refractivity (Wildman–Crippen MR) is 50.6 cm³/mol. The molecule has 12 heavy (non-hydrogen) atoms. The van der Waals surface area contributed by atoms with Crippen molar-refractivity contribution in [3.8, 4) is 0 Å². The van der Waals surface area contributed by atoms with Crippen LogP contribution in [0.5, 0.6) is 0 Å². The van der Waals surface area contributed by atoms with Crippen LogP contribution in [0.3, 0.4) is 0 Å². The molecular formula is C10H17NO. The molecule has 0 radical (unpaired) electrons. The minimum atomic E-state index is 0.812. The molecular weight excluding hydrogens is 150 g/mol. The molecule has 0 atom stereocenters. The summed E-state index contributed by atoms with van der Waals surface area (Å²) in [6, 6.07) is 0. The highest BCUT2D eigenvalue weighted by atomic mass is 16.4. The van der Waals surface area contributed by atoms with Gasteiger partial charge in [-0.2, -0.15) is 0 Å². The monoisotopic (exact) mass is 167 g/mol. The van der Waals surface area contributed by atoms with Gasteiger partial charge in [0, 0.05) is 0 Å². The van der Waals surface area contributed by atoms with E-state index in [-0.39, 0.29) is 0 Å². The Kier molecular flexibility index (Phi) is 3.85. The van der Waals surface area contributed by atoms with Gasteiger partial charge in [-0.05, 0) is 44.9 Å². The summed E-state index contributed by atoms with van der Waals surface area (Å²) in [4.78, 5) is 0. The van der Waals surface area contributed by atoms with Crippen LogP contribution in [0.1, 0.15) is 39.0 Å². The van der Waals surface area contributed by atoms with Crippen molar-refractivity contribution in [1.29, 1.82) is 0 Å². The van der Waals surface area contributed by atoms with E-state index in [1.165, 1.54) is 19.3 Å². The lowest BCUT2D eigenvalue weighted by Crippen LogP contribution is -2.13. The van der Waals surface area contributed by atoms with Crippen LogP contribution in [0.2, 0.25) is 0 Å². The van der Waals surface area contributed by atoms with Gasteiger partial charge >= 0.3 is 0 Å². The highest BCUT2D eigenvalue weighted by Gasteiger charge is 2.16. The lowest BCUT2D eigenvalue weighted by atomic mass is 9.86. The fourth-order valence-corrected chi connectivity index (χ4v) is 1.68. The summed E-state index contributed by atoms with van der Waals surface area (Å²) in [5.74, 6) is 0.812.